The van der Waals surface area contributed by atoms with Gasteiger partial charge in [0.15, 0.2) is 0 Å². The number of fused-ring (bicyclic) bond motifs is 1. The minimum absolute atomic E-state index is 0.156. The zero-order valence-electron chi connectivity index (χ0n) is 12.6. The molecule has 0 saturated heterocycles. The summed E-state index contributed by atoms with van der Waals surface area (Å²) in [5.41, 5.74) is 3.46. The first kappa shape index (κ1) is 14.5. The summed E-state index contributed by atoms with van der Waals surface area (Å²) >= 11 is 3.55. The predicted octanol–water partition coefficient (Wildman–Crippen LogP) is 5.47. The summed E-state index contributed by atoms with van der Waals surface area (Å²) in [5, 5.41) is 3.66. The Labute approximate surface area is 134 Å². The van der Waals surface area contributed by atoms with Crippen LogP contribution in [0.15, 0.2) is 46.9 Å². The van der Waals surface area contributed by atoms with Crippen LogP contribution in [-0.4, -0.2) is 5.60 Å². The van der Waals surface area contributed by atoms with Gasteiger partial charge in [-0.15, -0.1) is 0 Å². The Morgan fingerprint density at radius 1 is 1.19 bits per heavy atom. The van der Waals surface area contributed by atoms with Crippen LogP contribution in [-0.2, 0) is 0 Å². The monoisotopic (exact) mass is 345 g/mol. The number of anilines is 1. The van der Waals surface area contributed by atoms with Crippen molar-refractivity contribution in [3.05, 3.63) is 58.1 Å². The van der Waals surface area contributed by atoms with Crippen LogP contribution in [0.2, 0.25) is 0 Å². The van der Waals surface area contributed by atoms with Crippen molar-refractivity contribution in [1.82, 2.24) is 0 Å². The molecule has 3 heteroatoms. The fourth-order valence-corrected chi connectivity index (χ4v) is 3.11. The number of benzene rings is 2. The number of rotatable bonds is 2. The van der Waals surface area contributed by atoms with Gasteiger partial charge in [-0.05, 0) is 50.6 Å². The molecule has 0 radical (unpaired) electrons. The summed E-state index contributed by atoms with van der Waals surface area (Å²) in [5.74, 6) is 0.986. The molecule has 0 bridgehead atoms. The first-order chi connectivity index (χ1) is 9.94. The van der Waals surface area contributed by atoms with E-state index in [4.69, 9.17) is 4.74 Å². The van der Waals surface area contributed by atoms with E-state index in [1.54, 1.807) is 0 Å². The normalized spacial score (nSPS) is 19.5. The molecular formula is C18H20BrNO. The van der Waals surface area contributed by atoms with Gasteiger partial charge in [0.25, 0.3) is 0 Å². The van der Waals surface area contributed by atoms with Gasteiger partial charge in [0.2, 0.25) is 0 Å². The lowest BCUT2D eigenvalue weighted by Gasteiger charge is -2.38. The molecule has 1 aliphatic heterocycles. The van der Waals surface area contributed by atoms with E-state index in [1.807, 2.05) is 6.07 Å². The minimum atomic E-state index is -0.156. The van der Waals surface area contributed by atoms with Gasteiger partial charge < -0.3 is 10.1 Å². The number of ether oxygens (including phenoxy) is 1. The average Bonchev–Trinajstić information content (AvgIpc) is 2.42. The fraction of sp³-hybridized carbons (Fsp3) is 0.333. The van der Waals surface area contributed by atoms with Crippen molar-refractivity contribution in [3.63, 3.8) is 0 Å². The summed E-state index contributed by atoms with van der Waals surface area (Å²) in [6.45, 7) is 6.39. The van der Waals surface area contributed by atoms with E-state index in [0.29, 0.717) is 0 Å². The molecule has 2 aromatic carbocycles. The molecule has 2 nitrogen and oxygen atoms in total. The molecule has 1 atom stereocenters. The zero-order chi connectivity index (χ0) is 15.0. The topological polar surface area (TPSA) is 21.3 Å². The molecule has 0 fully saturated rings. The summed E-state index contributed by atoms with van der Waals surface area (Å²) in [7, 11) is 0. The van der Waals surface area contributed by atoms with Gasteiger partial charge in [0, 0.05) is 22.1 Å². The minimum Gasteiger partial charge on any atom is -0.487 e. The molecule has 1 heterocycles. The number of hydrogen-bond acceptors (Lipinski definition) is 2. The van der Waals surface area contributed by atoms with Crippen molar-refractivity contribution in [2.45, 2.75) is 38.8 Å². The van der Waals surface area contributed by atoms with Crippen molar-refractivity contribution in [2.24, 2.45) is 0 Å². The molecule has 0 amide bonds. The van der Waals surface area contributed by atoms with Crippen molar-refractivity contribution in [1.29, 1.82) is 0 Å². The molecule has 1 unspecified atom stereocenters. The Kier molecular flexibility index (Phi) is 3.70. The van der Waals surface area contributed by atoms with E-state index in [-0.39, 0.29) is 11.6 Å². The smallest absolute Gasteiger partial charge is 0.125 e. The number of aryl methyl sites for hydroxylation is 1. The number of nitrogens with one attached hydrogen (secondary N) is 1. The van der Waals surface area contributed by atoms with Gasteiger partial charge in [-0.3, -0.25) is 0 Å². The van der Waals surface area contributed by atoms with Gasteiger partial charge in [0.1, 0.15) is 11.4 Å². The Balaban J connectivity index is 1.92. The van der Waals surface area contributed by atoms with Crippen LogP contribution >= 0.6 is 15.9 Å². The summed E-state index contributed by atoms with van der Waals surface area (Å²) in [4.78, 5) is 0. The van der Waals surface area contributed by atoms with Crippen LogP contribution in [0.5, 0.6) is 5.75 Å². The maximum absolute atomic E-state index is 6.08. The van der Waals surface area contributed by atoms with E-state index >= 15 is 0 Å². The third kappa shape index (κ3) is 3.08. The number of halogens is 1. The van der Waals surface area contributed by atoms with Crippen LogP contribution in [0.1, 0.15) is 37.4 Å². The van der Waals surface area contributed by atoms with Crippen molar-refractivity contribution >= 4 is 21.6 Å². The van der Waals surface area contributed by atoms with Crippen molar-refractivity contribution in [3.8, 4) is 5.75 Å². The maximum atomic E-state index is 6.08. The van der Waals surface area contributed by atoms with Gasteiger partial charge in [-0.1, -0.05) is 34.1 Å². The quantitative estimate of drug-likeness (QED) is 0.778. The molecule has 21 heavy (non-hydrogen) atoms. The largest absolute Gasteiger partial charge is 0.487 e. The van der Waals surface area contributed by atoms with Gasteiger partial charge in [0.05, 0.1) is 6.04 Å². The molecule has 110 valence electrons. The molecule has 1 N–H and O–H groups in total. The Hall–Kier alpha value is -1.48. The lowest BCUT2D eigenvalue weighted by atomic mass is 9.89. The third-order valence-corrected chi connectivity index (χ3v) is 4.76. The third-order valence-electron chi connectivity index (χ3n) is 3.88. The highest BCUT2D eigenvalue weighted by molar-refractivity contribution is 9.10. The van der Waals surface area contributed by atoms with Crippen molar-refractivity contribution in [2.75, 3.05) is 5.32 Å². The molecule has 3 rings (SSSR count). The lowest BCUT2D eigenvalue weighted by Crippen LogP contribution is -2.37. The predicted molar refractivity (Wildman–Crippen MR) is 91.0 cm³/mol. The first-order valence-corrected chi connectivity index (χ1v) is 8.04. The van der Waals surface area contributed by atoms with Crippen molar-refractivity contribution < 1.29 is 4.74 Å². The van der Waals surface area contributed by atoms with Crippen LogP contribution in [0, 0.1) is 6.92 Å². The van der Waals surface area contributed by atoms with Gasteiger partial charge in [-0.25, -0.2) is 0 Å². The lowest BCUT2D eigenvalue weighted by molar-refractivity contribution is 0.0759. The van der Waals surface area contributed by atoms with E-state index in [1.165, 1.54) is 11.1 Å². The SMILES string of the molecule is Cc1cc(NC2CC(C)(C)Oc3ccccc32)ccc1Br. The molecule has 2 aromatic rings. The summed E-state index contributed by atoms with van der Waals surface area (Å²) in [6, 6.07) is 14.9. The Morgan fingerprint density at radius 2 is 1.95 bits per heavy atom. The van der Waals surface area contributed by atoms with Gasteiger partial charge in [-0.2, -0.15) is 0 Å². The molecule has 1 aliphatic rings. The maximum Gasteiger partial charge on any atom is 0.125 e. The molecule has 0 spiro atoms. The van der Waals surface area contributed by atoms with Crippen LogP contribution < -0.4 is 10.1 Å². The highest BCUT2D eigenvalue weighted by atomic mass is 79.9. The summed E-state index contributed by atoms with van der Waals surface area (Å²) < 4.78 is 7.22. The Bertz CT molecular complexity index is 666. The molecular weight excluding hydrogens is 326 g/mol. The standard InChI is InChI=1S/C18H20BrNO/c1-12-10-13(8-9-15(12)19)20-16-11-18(2,3)21-17-7-5-4-6-14(16)17/h4-10,16,20H,11H2,1-3H3. The average molecular weight is 346 g/mol. The van der Waals surface area contributed by atoms with E-state index < -0.39 is 0 Å². The van der Waals surface area contributed by atoms with Crippen LogP contribution in [0.4, 0.5) is 5.69 Å². The van der Waals surface area contributed by atoms with E-state index in [2.05, 4.69) is 78.4 Å². The Morgan fingerprint density at radius 3 is 2.71 bits per heavy atom. The second-order valence-corrected chi connectivity index (χ2v) is 7.12. The molecule has 0 aliphatic carbocycles. The van der Waals surface area contributed by atoms with E-state index in [9.17, 15) is 0 Å². The second-order valence-electron chi connectivity index (χ2n) is 6.26. The highest BCUT2D eigenvalue weighted by Crippen LogP contribution is 2.41. The van der Waals surface area contributed by atoms with E-state index in [0.717, 1.165) is 22.3 Å². The molecule has 0 saturated carbocycles. The van der Waals surface area contributed by atoms with Crippen LogP contribution in [0.25, 0.3) is 0 Å². The molecule has 0 aromatic heterocycles. The first-order valence-electron chi connectivity index (χ1n) is 7.25. The highest BCUT2D eigenvalue weighted by Gasteiger charge is 2.33. The zero-order valence-corrected chi connectivity index (χ0v) is 14.2. The number of para-hydroxylation sites is 1. The second kappa shape index (κ2) is 5.38. The summed E-state index contributed by atoms with van der Waals surface area (Å²) in [6.07, 6.45) is 0.944. The van der Waals surface area contributed by atoms with Crippen LogP contribution in [0.3, 0.4) is 0 Å². The number of hydrogen-bond donors (Lipinski definition) is 1. The fourth-order valence-electron chi connectivity index (χ4n) is 2.87. The van der Waals surface area contributed by atoms with Gasteiger partial charge >= 0.3 is 0 Å².